The summed E-state index contributed by atoms with van der Waals surface area (Å²) >= 11 is 12.2. The van der Waals surface area contributed by atoms with E-state index >= 15 is 0 Å². The summed E-state index contributed by atoms with van der Waals surface area (Å²) in [5.74, 6) is 0.778. The van der Waals surface area contributed by atoms with Gasteiger partial charge in [-0.25, -0.2) is 4.98 Å². The van der Waals surface area contributed by atoms with E-state index in [1.165, 1.54) is 5.56 Å². The number of aromatic amines is 1. The van der Waals surface area contributed by atoms with Crippen LogP contribution < -0.4 is 0 Å². The second-order valence-corrected chi connectivity index (χ2v) is 5.02. The van der Waals surface area contributed by atoms with Gasteiger partial charge in [0.25, 0.3) is 0 Å². The molecule has 3 aromatic rings. The fraction of sp³-hybridized carbons (Fsp3) is 0.0714. The highest BCUT2D eigenvalue weighted by Gasteiger charge is 2.10. The molecule has 0 aliphatic rings. The van der Waals surface area contributed by atoms with E-state index in [2.05, 4.69) is 16.9 Å². The van der Waals surface area contributed by atoms with Gasteiger partial charge in [-0.1, -0.05) is 53.0 Å². The quantitative estimate of drug-likeness (QED) is 0.677. The van der Waals surface area contributed by atoms with Gasteiger partial charge in [0.05, 0.1) is 15.6 Å². The summed E-state index contributed by atoms with van der Waals surface area (Å²) in [6, 6.07) is 11.7. The Hall–Kier alpha value is -1.51. The van der Waals surface area contributed by atoms with Crippen LogP contribution in [0.5, 0.6) is 0 Å². The van der Waals surface area contributed by atoms with E-state index in [0.717, 1.165) is 16.9 Å². The average molecular weight is 277 g/mol. The first kappa shape index (κ1) is 11.6. The first-order chi connectivity index (χ1) is 8.65. The van der Waals surface area contributed by atoms with E-state index in [1.807, 2.05) is 24.3 Å². The fourth-order valence-corrected chi connectivity index (χ4v) is 2.28. The standard InChI is InChI=1S/C14H10Cl2N2/c1-8-2-4-9(5-3-8)14-17-12-10(15)6-7-11(16)13(12)18-14/h2-7H,1H3,(H,17,18). The van der Waals surface area contributed by atoms with Crippen molar-refractivity contribution in [1.29, 1.82) is 0 Å². The molecule has 0 radical (unpaired) electrons. The van der Waals surface area contributed by atoms with Gasteiger partial charge in [0.1, 0.15) is 11.3 Å². The number of hydrogen-bond donors (Lipinski definition) is 1. The lowest BCUT2D eigenvalue weighted by Crippen LogP contribution is -1.80. The normalized spacial score (nSPS) is 11.1. The number of aryl methyl sites for hydroxylation is 1. The third-order valence-corrected chi connectivity index (χ3v) is 3.49. The maximum absolute atomic E-state index is 6.13. The summed E-state index contributed by atoms with van der Waals surface area (Å²) in [5, 5.41) is 1.23. The number of imidazole rings is 1. The van der Waals surface area contributed by atoms with Crippen molar-refractivity contribution >= 4 is 34.2 Å². The van der Waals surface area contributed by atoms with E-state index in [4.69, 9.17) is 23.2 Å². The maximum atomic E-state index is 6.13. The molecule has 18 heavy (non-hydrogen) atoms. The van der Waals surface area contributed by atoms with Crippen molar-refractivity contribution < 1.29 is 0 Å². The van der Waals surface area contributed by atoms with Crippen LogP contribution in [0.1, 0.15) is 5.56 Å². The lowest BCUT2D eigenvalue weighted by Gasteiger charge is -1.96. The Labute approximate surface area is 115 Å². The van der Waals surface area contributed by atoms with Gasteiger partial charge in [-0.2, -0.15) is 0 Å². The van der Waals surface area contributed by atoms with Gasteiger partial charge in [0.15, 0.2) is 0 Å². The van der Waals surface area contributed by atoms with Crippen molar-refractivity contribution in [3.05, 3.63) is 52.0 Å². The summed E-state index contributed by atoms with van der Waals surface area (Å²) in [4.78, 5) is 7.71. The zero-order valence-corrected chi connectivity index (χ0v) is 11.2. The van der Waals surface area contributed by atoms with Gasteiger partial charge in [-0.3, -0.25) is 0 Å². The van der Waals surface area contributed by atoms with Crippen molar-refractivity contribution in [3.63, 3.8) is 0 Å². The number of nitrogens with zero attached hydrogens (tertiary/aromatic N) is 1. The molecule has 0 saturated carbocycles. The average Bonchev–Trinajstić information content (AvgIpc) is 2.81. The summed E-state index contributed by atoms with van der Waals surface area (Å²) < 4.78 is 0. The van der Waals surface area contributed by atoms with Crippen molar-refractivity contribution in [2.45, 2.75) is 6.92 Å². The molecule has 0 aliphatic carbocycles. The molecule has 0 saturated heterocycles. The van der Waals surface area contributed by atoms with Crippen LogP contribution in [0.25, 0.3) is 22.4 Å². The molecule has 1 heterocycles. The summed E-state index contributed by atoms with van der Waals surface area (Å²) in [6.45, 7) is 2.05. The predicted molar refractivity (Wildman–Crippen MR) is 76.3 cm³/mol. The van der Waals surface area contributed by atoms with E-state index < -0.39 is 0 Å². The van der Waals surface area contributed by atoms with Crippen LogP contribution in [0.15, 0.2) is 36.4 Å². The highest BCUT2D eigenvalue weighted by Crippen LogP contribution is 2.30. The zero-order chi connectivity index (χ0) is 12.7. The molecular formula is C14H10Cl2N2. The molecule has 0 spiro atoms. The SMILES string of the molecule is Cc1ccc(-c2nc3c(Cl)ccc(Cl)c3[nH]2)cc1. The number of benzene rings is 2. The first-order valence-electron chi connectivity index (χ1n) is 5.56. The second-order valence-electron chi connectivity index (χ2n) is 4.20. The van der Waals surface area contributed by atoms with Crippen LogP contribution in [-0.2, 0) is 0 Å². The highest BCUT2D eigenvalue weighted by atomic mass is 35.5. The van der Waals surface area contributed by atoms with Gasteiger partial charge < -0.3 is 4.98 Å². The fourth-order valence-electron chi connectivity index (χ4n) is 1.88. The number of H-pyrrole nitrogens is 1. The number of rotatable bonds is 1. The van der Waals surface area contributed by atoms with Gasteiger partial charge in [0, 0.05) is 5.56 Å². The zero-order valence-electron chi connectivity index (χ0n) is 9.67. The van der Waals surface area contributed by atoms with Crippen molar-refractivity contribution in [3.8, 4) is 11.4 Å². The third-order valence-electron chi connectivity index (χ3n) is 2.87. The first-order valence-corrected chi connectivity index (χ1v) is 6.31. The lowest BCUT2D eigenvalue weighted by atomic mass is 10.1. The minimum atomic E-state index is 0.601. The van der Waals surface area contributed by atoms with Gasteiger partial charge >= 0.3 is 0 Å². The third kappa shape index (κ3) is 1.88. The number of fused-ring (bicyclic) bond motifs is 1. The Morgan fingerprint density at radius 3 is 2.28 bits per heavy atom. The van der Waals surface area contributed by atoms with Gasteiger partial charge in [-0.15, -0.1) is 0 Å². The minimum Gasteiger partial charge on any atom is -0.337 e. The molecule has 0 amide bonds. The summed E-state index contributed by atoms with van der Waals surface area (Å²) in [7, 11) is 0. The smallest absolute Gasteiger partial charge is 0.138 e. The Bertz CT molecular complexity index is 675. The van der Waals surface area contributed by atoms with Crippen LogP contribution in [0, 0.1) is 6.92 Å². The van der Waals surface area contributed by atoms with E-state index in [0.29, 0.717) is 15.6 Å². The Kier molecular flexibility index (Phi) is 2.77. The second kappa shape index (κ2) is 4.30. The monoisotopic (exact) mass is 276 g/mol. The molecule has 3 rings (SSSR count). The van der Waals surface area contributed by atoms with Crippen molar-refractivity contribution in [1.82, 2.24) is 9.97 Å². The highest BCUT2D eigenvalue weighted by molar-refractivity contribution is 6.39. The molecule has 90 valence electrons. The van der Waals surface area contributed by atoms with Crippen LogP contribution in [0.3, 0.4) is 0 Å². The summed E-state index contributed by atoms with van der Waals surface area (Å²) in [5.41, 5.74) is 3.72. The van der Waals surface area contributed by atoms with E-state index in [-0.39, 0.29) is 0 Å². The number of aromatic nitrogens is 2. The lowest BCUT2D eigenvalue weighted by molar-refractivity contribution is 1.33. The van der Waals surface area contributed by atoms with Gasteiger partial charge in [-0.05, 0) is 19.1 Å². The molecule has 0 bridgehead atoms. The number of hydrogen-bond acceptors (Lipinski definition) is 1. The molecule has 2 aromatic carbocycles. The Morgan fingerprint density at radius 1 is 0.944 bits per heavy atom. The van der Waals surface area contributed by atoms with Crippen LogP contribution >= 0.6 is 23.2 Å². The van der Waals surface area contributed by atoms with Crippen molar-refractivity contribution in [2.75, 3.05) is 0 Å². The molecule has 1 aromatic heterocycles. The number of halogens is 2. The molecular weight excluding hydrogens is 267 g/mol. The molecule has 4 heteroatoms. The van der Waals surface area contributed by atoms with E-state index in [9.17, 15) is 0 Å². The Morgan fingerprint density at radius 2 is 1.61 bits per heavy atom. The van der Waals surface area contributed by atoms with Crippen molar-refractivity contribution in [2.24, 2.45) is 0 Å². The molecule has 0 fully saturated rings. The molecule has 2 nitrogen and oxygen atoms in total. The Balaban J connectivity index is 2.22. The largest absolute Gasteiger partial charge is 0.337 e. The van der Waals surface area contributed by atoms with E-state index in [1.54, 1.807) is 12.1 Å². The van der Waals surface area contributed by atoms with Crippen LogP contribution in [0.2, 0.25) is 10.0 Å². The molecule has 0 aliphatic heterocycles. The minimum absolute atomic E-state index is 0.601. The molecule has 0 unspecified atom stereocenters. The van der Waals surface area contributed by atoms with Crippen LogP contribution in [0.4, 0.5) is 0 Å². The van der Waals surface area contributed by atoms with Gasteiger partial charge in [0.2, 0.25) is 0 Å². The molecule has 1 N–H and O–H groups in total. The van der Waals surface area contributed by atoms with Crippen LogP contribution in [-0.4, -0.2) is 9.97 Å². The predicted octanol–water partition coefficient (Wildman–Crippen LogP) is 4.85. The maximum Gasteiger partial charge on any atom is 0.138 e. The number of nitrogens with one attached hydrogen (secondary N) is 1. The topological polar surface area (TPSA) is 28.7 Å². The summed E-state index contributed by atoms with van der Waals surface area (Å²) in [6.07, 6.45) is 0. The molecule has 0 atom stereocenters.